The minimum Gasteiger partial charge on any atom is -0.490 e. The highest BCUT2D eigenvalue weighted by Crippen LogP contribution is 2.37. The molecule has 0 saturated carbocycles. The second kappa shape index (κ2) is 6.95. The first-order valence-electron chi connectivity index (χ1n) is 7.56. The zero-order chi connectivity index (χ0) is 18.0. The number of rotatable bonds is 4. The average Bonchev–Trinajstić information content (AvgIpc) is 3.03. The summed E-state index contributed by atoms with van der Waals surface area (Å²) in [7, 11) is 0. The lowest BCUT2D eigenvalue weighted by atomic mass is 10.2. The van der Waals surface area contributed by atoms with Gasteiger partial charge < -0.3 is 13.9 Å². The van der Waals surface area contributed by atoms with E-state index >= 15 is 0 Å². The number of carbonyl (C=O) groups excluding carboxylic acids is 1. The lowest BCUT2D eigenvalue weighted by Crippen LogP contribution is -2.10. The standard InChI is InChI=1S/C18H14BrN3O3/c1-3-24-15-8-12(9-20)7-13(19)17(15)25-18(23)14-10-22-11(2)5-4-6-16(22)21-14/h4-8,10H,3H2,1-2H3. The zero-order valence-electron chi connectivity index (χ0n) is 13.6. The number of aryl methyl sites for hydroxylation is 1. The second-order valence-corrected chi connectivity index (χ2v) is 6.10. The Kier molecular flexibility index (Phi) is 4.72. The van der Waals surface area contributed by atoms with Crippen LogP contribution in [-0.2, 0) is 0 Å². The lowest BCUT2D eigenvalue weighted by molar-refractivity contribution is 0.0721. The summed E-state index contributed by atoms with van der Waals surface area (Å²) in [5.41, 5.74) is 2.21. The minimum atomic E-state index is -0.602. The molecule has 0 atom stereocenters. The van der Waals surface area contributed by atoms with Crippen molar-refractivity contribution in [2.45, 2.75) is 13.8 Å². The largest absolute Gasteiger partial charge is 0.490 e. The van der Waals surface area contributed by atoms with Crippen molar-refractivity contribution in [3.8, 4) is 17.6 Å². The van der Waals surface area contributed by atoms with Gasteiger partial charge in [0.05, 0.1) is 22.7 Å². The van der Waals surface area contributed by atoms with E-state index in [-0.39, 0.29) is 11.4 Å². The quantitative estimate of drug-likeness (QED) is 0.491. The molecule has 0 fully saturated rings. The van der Waals surface area contributed by atoms with Crippen LogP contribution in [0.15, 0.2) is 41.0 Å². The van der Waals surface area contributed by atoms with Gasteiger partial charge in [-0.15, -0.1) is 0 Å². The van der Waals surface area contributed by atoms with Crippen molar-refractivity contribution in [1.82, 2.24) is 9.38 Å². The smallest absolute Gasteiger partial charge is 0.364 e. The molecular formula is C18H14BrN3O3. The molecule has 3 aromatic rings. The highest BCUT2D eigenvalue weighted by Gasteiger charge is 2.19. The summed E-state index contributed by atoms with van der Waals surface area (Å²) >= 11 is 3.32. The van der Waals surface area contributed by atoms with Crippen molar-refractivity contribution in [2.75, 3.05) is 6.61 Å². The van der Waals surface area contributed by atoms with Crippen molar-refractivity contribution in [2.24, 2.45) is 0 Å². The molecule has 0 unspecified atom stereocenters. The molecule has 0 aliphatic rings. The van der Waals surface area contributed by atoms with Gasteiger partial charge in [-0.3, -0.25) is 0 Å². The van der Waals surface area contributed by atoms with Crippen molar-refractivity contribution >= 4 is 27.5 Å². The summed E-state index contributed by atoms with van der Waals surface area (Å²) in [6.45, 7) is 4.11. The normalized spacial score (nSPS) is 10.5. The molecule has 0 bridgehead atoms. The second-order valence-electron chi connectivity index (χ2n) is 5.24. The Labute approximate surface area is 152 Å². The van der Waals surface area contributed by atoms with Crippen LogP contribution in [0.25, 0.3) is 5.65 Å². The maximum Gasteiger partial charge on any atom is 0.364 e. The Bertz CT molecular complexity index is 1000. The van der Waals surface area contributed by atoms with Gasteiger partial charge in [-0.2, -0.15) is 5.26 Å². The number of aromatic nitrogens is 2. The van der Waals surface area contributed by atoms with E-state index in [2.05, 4.69) is 20.9 Å². The molecule has 2 aromatic heterocycles. The summed E-state index contributed by atoms with van der Waals surface area (Å²) in [5.74, 6) is -0.0594. The fourth-order valence-corrected chi connectivity index (χ4v) is 2.91. The first kappa shape index (κ1) is 17.0. The number of nitrogens with zero attached hydrogens (tertiary/aromatic N) is 3. The summed E-state index contributed by atoms with van der Waals surface area (Å²) < 4.78 is 13.3. The maximum atomic E-state index is 12.5. The van der Waals surface area contributed by atoms with Crippen molar-refractivity contribution in [3.63, 3.8) is 0 Å². The van der Waals surface area contributed by atoms with Gasteiger partial charge in [-0.25, -0.2) is 9.78 Å². The van der Waals surface area contributed by atoms with Gasteiger partial charge in [-0.05, 0) is 48.0 Å². The van der Waals surface area contributed by atoms with E-state index in [9.17, 15) is 4.79 Å². The zero-order valence-corrected chi connectivity index (χ0v) is 15.2. The highest BCUT2D eigenvalue weighted by atomic mass is 79.9. The molecule has 25 heavy (non-hydrogen) atoms. The molecule has 1 aromatic carbocycles. The lowest BCUT2D eigenvalue weighted by Gasteiger charge is -2.12. The molecule has 0 aliphatic heterocycles. The first-order valence-corrected chi connectivity index (χ1v) is 8.36. The van der Waals surface area contributed by atoms with Gasteiger partial charge in [0.2, 0.25) is 0 Å². The SMILES string of the molecule is CCOc1cc(C#N)cc(Br)c1OC(=O)c1cn2c(C)cccc2n1. The molecule has 3 rings (SSSR count). The van der Waals surface area contributed by atoms with Crippen LogP contribution in [0, 0.1) is 18.3 Å². The number of pyridine rings is 1. The van der Waals surface area contributed by atoms with Crippen LogP contribution < -0.4 is 9.47 Å². The molecule has 2 heterocycles. The monoisotopic (exact) mass is 399 g/mol. The van der Waals surface area contributed by atoms with Crippen LogP contribution in [-0.4, -0.2) is 22.0 Å². The molecule has 0 amide bonds. The highest BCUT2D eigenvalue weighted by molar-refractivity contribution is 9.10. The Hall–Kier alpha value is -2.85. The van der Waals surface area contributed by atoms with Crippen LogP contribution in [0.5, 0.6) is 11.5 Å². The predicted molar refractivity (Wildman–Crippen MR) is 94.9 cm³/mol. The van der Waals surface area contributed by atoms with Gasteiger partial charge in [-0.1, -0.05) is 6.07 Å². The number of benzene rings is 1. The average molecular weight is 400 g/mol. The van der Waals surface area contributed by atoms with Crippen molar-refractivity contribution in [3.05, 3.63) is 58.0 Å². The van der Waals surface area contributed by atoms with Crippen molar-refractivity contribution < 1.29 is 14.3 Å². The molecular weight excluding hydrogens is 386 g/mol. The number of imidazole rings is 1. The van der Waals surface area contributed by atoms with E-state index in [0.29, 0.717) is 28.0 Å². The van der Waals surface area contributed by atoms with E-state index in [0.717, 1.165) is 5.69 Å². The molecule has 6 nitrogen and oxygen atoms in total. The predicted octanol–water partition coefficient (Wildman–Crippen LogP) is 3.89. The van der Waals surface area contributed by atoms with Crippen LogP contribution in [0.4, 0.5) is 0 Å². The van der Waals surface area contributed by atoms with Crippen molar-refractivity contribution in [1.29, 1.82) is 5.26 Å². The fourth-order valence-electron chi connectivity index (χ4n) is 2.39. The number of carbonyl (C=O) groups is 1. The number of esters is 1. The number of hydrogen-bond donors (Lipinski definition) is 0. The molecule has 0 radical (unpaired) electrons. The Morgan fingerprint density at radius 2 is 2.20 bits per heavy atom. The first-order chi connectivity index (χ1) is 12.0. The topological polar surface area (TPSA) is 76.6 Å². The van der Waals surface area contributed by atoms with E-state index in [1.165, 1.54) is 6.07 Å². The molecule has 0 spiro atoms. The molecule has 0 aliphatic carbocycles. The van der Waals surface area contributed by atoms with Crippen LogP contribution in [0.1, 0.15) is 28.7 Å². The van der Waals surface area contributed by atoms with E-state index < -0.39 is 5.97 Å². The number of nitriles is 1. The molecule has 0 saturated heterocycles. The molecule has 7 heteroatoms. The summed E-state index contributed by atoms with van der Waals surface area (Å²) in [6.07, 6.45) is 1.63. The van der Waals surface area contributed by atoms with Gasteiger partial charge in [0.25, 0.3) is 0 Å². The number of hydrogen-bond acceptors (Lipinski definition) is 5. The van der Waals surface area contributed by atoms with Gasteiger partial charge in [0.15, 0.2) is 17.2 Å². The third kappa shape index (κ3) is 3.35. The maximum absolute atomic E-state index is 12.5. The Morgan fingerprint density at radius 1 is 1.40 bits per heavy atom. The Balaban J connectivity index is 1.97. The third-order valence-corrected chi connectivity index (χ3v) is 4.13. The van der Waals surface area contributed by atoms with Gasteiger partial charge >= 0.3 is 5.97 Å². The fraction of sp³-hybridized carbons (Fsp3) is 0.167. The van der Waals surface area contributed by atoms with Gasteiger partial charge in [0.1, 0.15) is 5.65 Å². The van der Waals surface area contributed by atoms with E-state index in [1.54, 1.807) is 12.3 Å². The summed E-state index contributed by atoms with van der Waals surface area (Å²) in [6, 6.07) is 10.7. The Morgan fingerprint density at radius 3 is 2.88 bits per heavy atom. The van der Waals surface area contributed by atoms with Gasteiger partial charge in [0, 0.05) is 18.0 Å². The van der Waals surface area contributed by atoms with E-state index in [1.807, 2.05) is 42.5 Å². The number of halogens is 1. The third-order valence-electron chi connectivity index (χ3n) is 3.54. The number of ether oxygens (including phenoxy) is 2. The minimum absolute atomic E-state index is 0.188. The summed E-state index contributed by atoms with van der Waals surface area (Å²) in [5, 5.41) is 9.07. The molecule has 0 N–H and O–H groups in total. The van der Waals surface area contributed by atoms with Crippen LogP contribution >= 0.6 is 15.9 Å². The molecule has 126 valence electrons. The number of fused-ring (bicyclic) bond motifs is 1. The van der Waals surface area contributed by atoms with E-state index in [4.69, 9.17) is 14.7 Å². The van der Waals surface area contributed by atoms with Crippen LogP contribution in [0.2, 0.25) is 0 Å². The van der Waals surface area contributed by atoms with Crippen LogP contribution in [0.3, 0.4) is 0 Å². The summed E-state index contributed by atoms with van der Waals surface area (Å²) in [4.78, 5) is 16.8.